The number of hydrogen-bond donors (Lipinski definition) is 1. The molecule has 5 aromatic rings. The van der Waals surface area contributed by atoms with Crippen molar-refractivity contribution in [2.24, 2.45) is 0 Å². The first kappa shape index (κ1) is 30.9. The molecule has 0 saturated heterocycles. The number of rotatable bonds is 8. The molecule has 0 aliphatic rings. The minimum Gasteiger partial charge on any atom is -0.495 e. The predicted octanol–water partition coefficient (Wildman–Crippen LogP) is 7.96. The average molecular weight is 616 g/mol. The van der Waals surface area contributed by atoms with Gasteiger partial charge in [0.1, 0.15) is 17.0 Å². The van der Waals surface area contributed by atoms with Crippen molar-refractivity contribution in [2.45, 2.75) is 52.7 Å². The van der Waals surface area contributed by atoms with Crippen LogP contribution in [-0.4, -0.2) is 43.0 Å². The number of benzene rings is 3. The van der Waals surface area contributed by atoms with Crippen LogP contribution in [0.15, 0.2) is 77.7 Å². The fourth-order valence-corrected chi connectivity index (χ4v) is 5.34. The van der Waals surface area contributed by atoms with Gasteiger partial charge < -0.3 is 18.6 Å². The molecule has 0 radical (unpaired) electrons. The average Bonchev–Trinajstić information content (AvgIpc) is 3.44. The molecule has 3 aromatic carbocycles. The molecule has 2 heterocycles. The zero-order valence-electron chi connectivity index (χ0n) is 26.2. The van der Waals surface area contributed by atoms with Gasteiger partial charge in [-0.05, 0) is 99.8 Å². The summed E-state index contributed by atoms with van der Waals surface area (Å²) in [6.45, 7) is 11.7. The highest BCUT2D eigenvalue weighted by atomic mass is 32.2. The highest BCUT2D eigenvalue weighted by Gasteiger charge is 2.24. The van der Waals surface area contributed by atoms with Gasteiger partial charge in [0.25, 0.3) is 0 Å². The molecule has 230 valence electrons. The van der Waals surface area contributed by atoms with Gasteiger partial charge in [0.15, 0.2) is 0 Å². The van der Waals surface area contributed by atoms with E-state index >= 15 is 0 Å². The zero-order valence-corrected chi connectivity index (χ0v) is 27.0. The lowest BCUT2D eigenvalue weighted by Crippen LogP contribution is -2.26. The molecule has 0 bridgehead atoms. The second-order valence-corrected chi connectivity index (χ2v) is 14.3. The number of sulfonamides is 1. The normalized spacial score (nSPS) is 12.3. The van der Waals surface area contributed by atoms with Gasteiger partial charge in [-0.3, -0.25) is 4.72 Å². The number of ether oxygens (including phenoxy) is 3. The smallest absolute Gasteiger partial charge is 0.320 e. The molecule has 0 amide bonds. The van der Waals surface area contributed by atoms with E-state index in [4.69, 9.17) is 18.6 Å². The van der Waals surface area contributed by atoms with Crippen LogP contribution in [0.1, 0.15) is 41.5 Å². The SMILES string of the molecule is COc1c(-c2ccoc2)cc(-c2cnc(OC(C)(C)C)nc2OC(C)(C)C)cc1-c1ccc2cc(NS(C)(=O)=O)ccc2c1. The molecule has 0 saturated carbocycles. The third kappa shape index (κ3) is 7.31. The molecule has 0 aliphatic carbocycles. The second kappa shape index (κ2) is 11.5. The molecular formula is C34H37N3O6S. The Morgan fingerprint density at radius 2 is 1.43 bits per heavy atom. The molecule has 5 rings (SSSR count). The van der Waals surface area contributed by atoms with Crippen molar-refractivity contribution < 1.29 is 27.0 Å². The minimum atomic E-state index is -3.39. The number of furan rings is 1. The molecule has 0 spiro atoms. The number of fused-ring (bicyclic) bond motifs is 1. The Kier molecular flexibility index (Phi) is 8.07. The van der Waals surface area contributed by atoms with E-state index in [2.05, 4.69) is 14.7 Å². The fourth-order valence-electron chi connectivity index (χ4n) is 4.78. The third-order valence-electron chi connectivity index (χ3n) is 6.42. The van der Waals surface area contributed by atoms with Crippen LogP contribution in [0.25, 0.3) is 44.2 Å². The summed E-state index contributed by atoms with van der Waals surface area (Å²) in [6.07, 6.45) is 6.14. The number of nitrogens with zero attached hydrogens (tertiary/aromatic N) is 2. The maximum absolute atomic E-state index is 11.7. The second-order valence-electron chi connectivity index (χ2n) is 12.6. The Balaban J connectivity index is 1.71. The topological polar surface area (TPSA) is 113 Å². The molecule has 0 unspecified atom stereocenters. The lowest BCUT2D eigenvalue weighted by atomic mass is 9.92. The summed E-state index contributed by atoms with van der Waals surface area (Å²) in [7, 11) is -1.75. The molecule has 44 heavy (non-hydrogen) atoms. The summed E-state index contributed by atoms with van der Waals surface area (Å²) >= 11 is 0. The summed E-state index contributed by atoms with van der Waals surface area (Å²) < 4.78 is 49.8. The van der Waals surface area contributed by atoms with Gasteiger partial charge >= 0.3 is 6.01 Å². The van der Waals surface area contributed by atoms with E-state index in [9.17, 15) is 8.42 Å². The molecule has 0 fully saturated rings. The Labute approximate surface area is 258 Å². The number of anilines is 1. The van der Waals surface area contributed by atoms with Gasteiger partial charge in [0.2, 0.25) is 15.9 Å². The van der Waals surface area contributed by atoms with Gasteiger partial charge in [-0.15, -0.1) is 0 Å². The number of nitrogens with one attached hydrogen (secondary N) is 1. The maximum Gasteiger partial charge on any atom is 0.320 e. The molecule has 0 aliphatic heterocycles. The first-order valence-corrected chi connectivity index (χ1v) is 16.0. The van der Waals surface area contributed by atoms with E-state index in [-0.39, 0.29) is 6.01 Å². The van der Waals surface area contributed by atoms with Gasteiger partial charge in [-0.1, -0.05) is 18.2 Å². The molecular weight excluding hydrogens is 578 g/mol. The van der Waals surface area contributed by atoms with Crippen molar-refractivity contribution in [1.82, 2.24) is 9.97 Å². The van der Waals surface area contributed by atoms with Crippen LogP contribution in [0.5, 0.6) is 17.6 Å². The summed E-state index contributed by atoms with van der Waals surface area (Å²) in [5.41, 5.74) is 4.37. The van der Waals surface area contributed by atoms with E-state index in [1.807, 2.05) is 84.0 Å². The highest BCUT2D eigenvalue weighted by Crippen LogP contribution is 2.45. The van der Waals surface area contributed by atoms with Gasteiger partial charge in [0.05, 0.1) is 31.5 Å². The fraction of sp³-hybridized carbons (Fsp3) is 0.294. The van der Waals surface area contributed by atoms with Crippen molar-refractivity contribution in [3.8, 4) is 51.0 Å². The van der Waals surface area contributed by atoms with Gasteiger partial charge in [0, 0.05) is 28.6 Å². The highest BCUT2D eigenvalue weighted by molar-refractivity contribution is 7.92. The predicted molar refractivity (Wildman–Crippen MR) is 174 cm³/mol. The van der Waals surface area contributed by atoms with Crippen molar-refractivity contribution in [3.05, 3.63) is 73.3 Å². The first-order valence-electron chi connectivity index (χ1n) is 14.1. The van der Waals surface area contributed by atoms with Crippen LogP contribution in [0.4, 0.5) is 5.69 Å². The van der Waals surface area contributed by atoms with Gasteiger partial charge in [-0.2, -0.15) is 4.98 Å². The Morgan fingerprint density at radius 3 is 2.05 bits per heavy atom. The van der Waals surface area contributed by atoms with Crippen LogP contribution in [0.2, 0.25) is 0 Å². The Bertz CT molecular complexity index is 1920. The lowest BCUT2D eigenvalue weighted by molar-refractivity contribution is 0.103. The van der Waals surface area contributed by atoms with Crippen LogP contribution < -0.4 is 18.9 Å². The summed E-state index contributed by atoms with van der Waals surface area (Å²) in [4.78, 5) is 9.21. The van der Waals surface area contributed by atoms with E-state index in [1.54, 1.807) is 38.0 Å². The standard InChI is InChI=1S/C34H37N3O6S/c1-33(2,3)42-31-29(19-35-32(36-31)43-34(4,5)6)25-17-27(30(40-7)28(18-25)24-13-14-41-20-24)23-10-9-22-16-26(37-44(8,38)39)12-11-21(22)15-23/h9-20,37H,1-8H3. The Morgan fingerprint density at radius 1 is 0.773 bits per heavy atom. The van der Waals surface area contributed by atoms with Crippen LogP contribution >= 0.6 is 0 Å². The molecule has 2 aromatic heterocycles. The largest absolute Gasteiger partial charge is 0.495 e. The van der Waals surface area contributed by atoms with Crippen LogP contribution in [-0.2, 0) is 10.0 Å². The lowest BCUT2D eigenvalue weighted by Gasteiger charge is -2.24. The van der Waals surface area contributed by atoms with Crippen molar-refractivity contribution in [3.63, 3.8) is 0 Å². The van der Waals surface area contributed by atoms with Crippen molar-refractivity contribution in [2.75, 3.05) is 18.1 Å². The number of hydrogen-bond acceptors (Lipinski definition) is 8. The quantitative estimate of drug-likeness (QED) is 0.187. The van der Waals surface area contributed by atoms with E-state index in [0.717, 1.165) is 44.8 Å². The summed E-state index contributed by atoms with van der Waals surface area (Å²) in [5.74, 6) is 1.06. The molecule has 9 nitrogen and oxygen atoms in total. The summed E-state index contributed by atoms with van der Waals surface area (Å²) in [5, 5.41) is 1.82. The minimum absolute atomic E-state index is 0.226. The van der Waals surface area contributed by atoms with Crippen LogP contribution in [0.3, 0.4) is 0 Å². The van der Waals surface area contributed by atoms with Gasteiger partial charge in [-0.25, -0.2) is 13.4 Å². The van der Waals surface area contributed by atoms with Crippen molar-refractivity contribution >= 4 is 26.5 Å². The van der Waals surface area contributed by atoms with E-state index in [0.29, 0.717) is 22.9 Å². The van der Waals surface area contributed by atoms with Crippen LogP contribution in [0, 0.1) is 0 Å². The first-order chi connectivity index (χ1) is 20.6. The Hall–Kier alpha value is -4.57. The molecule has 1 N–H and O–H groups in total. The monoisotopic (exact) mass is 615 g/mol. The molecule has 0 atom stereocenters. The van der Waals surface area contributed by atoms with E-state index in [1.165, 1.54) is 0 Å². The molecule has 10 heteroatoms. The number of methoxy groups -OCH3 is 1. The maximum atomic E-state index is 11.7. The third-order valence-corrected chi connectivity index (χ3v) is 7.03. The number of aromatic nitrogens is 2. The summed E-state index contributed by atoms with van der Waals surface area (Å²) in [6, 6.07) is 17.6. The van der Waals surface area contributed by atoms with E-state index < -0.39 is 21.2 Å². The van der Waals surface area contributed by atoms with Crippen molar-refractivity contribution in [1.29, 1.82) is 0 Å². The zero-order chi connectivity index (χ0) is 31.9.